The molecule has 134 valence electrons. The zero-order chi connectivity index (χ0) is 18.1. The zero-order valence-corrected chi connectivity index (χ0v) is 15.4. The second-order valence-electron chi connectivity index (χ2n) is 5.73. The van der Waals surface area contributed by atoms with Crippen LogP contribution in [0.1, 0.15) is 12.5 Å². The van der Waals surface area contributed by atoms with E-state index < -0.39 is 0 Å². The SMILES string of the molecule is CC(Sc1nc2ncc(Cl)cc2[nH]1)C(=O)NCc1ccc2c(c1)OCO2. The topological polar surface area (TPSA) is 89.1 Å². The lowest BCUT2D eigenvalue weighted by molar-refractivity contribution is -0.120. The summed E-state index contributed by atoms with van der Waals surface area (Å²) >= 11 is 7.25. The number of nitrogens with one attached hydrogen (secondary N) is 2. The van der Waals surface area contributed by atoms with E-state index in [-0.39, 0.29) is 18.0 Å². The second kappa shape index (κ2) is 7.05. The van der Waals surface area contributed by atoms with Gasteiger partial charge in [0.15, 0.2) is 22.3 Å². The number of pyridine rings is 1. The summed E-state index contributed by atoms with van der Waals surface area (Å²) in [6.07, 6.45) is 1.54. The van der Waals surface area contributed by atoms with E-state index in [1.807, 2.05) is 25.1 Å². The van der Waals surface area contributed by atoms with Gasteiger partial charge in [0.2, 0.25) is 12.7 Å². The van der Waals surface area contributed by atoms with Crippen molar-refractivity contribution in [2.75, 3.05) is 6.79 Å². The third kappa shape index (κ3) is 3.56. The Balaban J connectivity index is 1.36. The highest BCUT2D eigenvalue weighted by Gasteiger charge is 2.18. The molecule has 0 aliphatic carbocycles. The summed E-state index contributed by atoms with van der Waals surface area (Å²) in [5.74, 6) is 1.34. The van der Waals surface area contributed by atoms with Crippen molar-refractivity contribution >= 4 is 40.4 Å². The number of benzene rings is 1. The van der Waals surface area contributed by atoms with Gasteiger partial charge in [-0.05, 0) is 30.7 Å². The number of halogens is 1. The fraction of sp³-hybridized carbons (Fsp3) is 0.235. The first-order valence-corrected chi connectivity index (χ1v) is 9.18. The quantitative estimate of drug-likeness (QED) is 0.650. The van der Waals surface area contributed by atoms with E-state index in [0.717, 1.165) is 16.8 Å². The summed E-state index contributed by atoms with van der Waals surface area (Å²) in [4.78, 5) is 24.0. The van der Waals surface area contributed by atoms with E-state index in [9.17, 15) is 4.79 Å². The fourth-order valence-electron chi connectivity index (χ4n) is 2.51. The zero-order valence-electron chi connectivity index (χ0n) is 13.8. The minimum Gasteiger partial charge on any atom is -0.454 e. The van der Waals surface area contributed by atoms with Gasteiger partial charge in [-0.15, -0.1) is 0 Å². The van der Waals surface area contributed by atoms with E-state index in [1.165, 1.54) is 11.8 Å². The summed E-state index contributed by atoms with van der Waals surface area (Å²) in [5, 5.41) is 3.76. The first-order valence-electron chi connectivity index (χ1n) is 7.92. The van der Waals surface area contributed by atoms with E-state index in [1.54, 1.807) is 12.3 Å². The smallest absolute Gasteiger partial charge is 0.233 e. The van der Waals surface area contributed by atoms with Gasteiger partial charge in [-0.2, -0.15) is 0 Å². The molecule has 0 bridgehead atoms. The van der Waals surface area contributed by atoms with Crippen molar-refractivity contribution in [2.24, 2.45) is 0 Å². The number of carbonyl (C=O) groups excluding carboxylic acids is 1. The van der Waals surface area contributed by atoms with Crippen molar-refractivity contribution in [3.63, 3.8) is 0 Å². The fourth-order valence-corrected chi connectivity index (χ4v) is 3.50. The number of H-pyrrole nitrogens is 1. The van der Waals surface area contributed by atoms with Gasteiger partial charge in [0.1, 0.15) is 0 Å². The number of nitrogens with zero attached hydrogens (tertiary/aromatic N) is 2. The summed E-state index contributed by atoms with van der Waals surface area (Å²) in [7, 11) is 0. The van der Waals surface area contributed by atoms with Gasteiger partial charge in [0.05, 0.1) is 15.8 Å². The van der Waals surface area contributed by atoms with Crippen LogP contribution in [0.4, 0.5) is 0 Å². The third-order valence-corrected chi connectivity index (χ3v) is 5.03. The first kappa shape index (κ1) is 17.0. The van der Waals surface area contributed by atoms with Gasteiger partial charge in [-0.25, -0.2) is 9.97 Å². The number of aromatic amines is 1. The van der Waals surface area contributed by atoms with Crippen LogP contribution >= 0.6 is 23.4 Å². The maximum absolute atomic E-state index is 12.4. The number of fused-ring (bicyclic) bond motifs is 2. The van der Waals surface area contributed by atoms with Crippen LogP contribution in [0, 0.1) is 0 Å². The molecule has 0 saturated heterocycles. The molecule has 1 aliphatic heterocycles. The molecular weight excluding hydrogens is 376 g/mol. The molecule has 7 nitrogen and oxygen atoms in total. The van der Waals surface area contributed by atoms with Gasteiger partial charge < -0.3 is 19.8 Å². The van der Waals surface area contributed by atoms with Crippen LogP contribution in [0.2, 0.25) is 5.02 Å². The predicted molar refractivity (Wildman–Crippen MR) is 98.6 cm³/mol. The maximum atomic E-state index is 12.4. The summed E-state index contributed by atoms with van der Waals surface area (Å²) in [5.41, 5.74) is 2.26. The molecule has 1 amide bonds. The Hall–Kier alpha value is -2.45. The molecular formula is C17H15ClN4O3S. The number of hydrogen-bond acceptors (Lipinski definition) is 6. The number of carbonyl (C=O) groups is 1. The van der Waals surface area contributed by atoms with Crippen LogP contribution in [-0.4, -0.2) is 32.9 Å². The van der Waals surface area contributed by atoms with Crippen LogP contribution in [0.15, 0.2) is 35.6 Å². The Morgan fingerprint density at radius 3 is 3.12 bits per heavy atom. The number of thioether (sulfide) groups is 1. The van der Waals surface area contributed by atoms with E-state index in [2.05, 4.69) is 20.3 Å². The minimum atomic E-state index is -0.319. The number of rotatable bonds is 5. The van der Waals surface area contributed by atoms with Crippen LogP contribution in [0.3, 0.4) is 0 Å². The summed E-state index contributed by atoms with van der Waals surface area (Å²) in [6.45, 7) is 2.47. The number of aromatic nitrogens is 3. The molecule has 0 spiro atoms. The first-order chi connectivity index (χ1) is 12.6. The lowest BCUT2D eigenvalue weighted by Crippen LogP contribution is -2.30. The Labute approximate surface area is 158 Å². The monoisotopic (exact) mass is 390 g/mol. The van der Waals surface area contributed by atoms with Gasteiger partial charge in [0, 0.05) is 12.7 Å². The van der Waals surface area contributed by atoms with Crippen LogP contribution in [-0.2, 0) is 11.3 Å². The Bertz CT molecular complexity index is 978. The average Bonchev–Trinajstić information content (AvgIpc) is 3.24. The molecule has 4 rings (SSSR count). The molecule has 1 unspecified atom stereocenters. The minimum absolute atomic E-state index is 0.0842. The number of hydrogen-bond donors (Lipinski definition) is 2. The Morgan fingerprint density at radius 2 is 2.23 bits per heavy atom. The summed E-state index contributed by atoms with van der Waals surface area (Å²) in [6, 6.07) is 7.37. The van der Waals surface area contributed by atoms with Gasteiger partial charge >= 0.3 is 0 Å². The molecule has 1 aromatic carbocycles. The highest BCUT2D eigenvalue weighted by Crippen LogP contribution is 2.32. The van der Waals surface area contributed by atoms with Crippen molar-refractivity contribution in [1.82, 2.24) is 20.3 Å². The molecule has 0 saturated carbocycles. The molecule has 1 aliphatic rings. The van der Waals surface area contributed by atoms with Crippen molar-refractivity contribution in [2.45, 2.75) is 23.9 Å². The van der Waals surface area contributed by atoms with E-state index in [0.29, 0.717) is 28.1 Å². The Morgan fingerprint density at radius 1 is 1.38 bits per heavy atom. The molecule has 9 heteroatoms. The van der Waals surface area contributed by atoms with Crippen LogP contribution in [0.5, 0.6) is 11.5 Å². The molecule has 0 fully saturated rings. The maximum Gasteiger partial charge on any atom is 0.233 e. The average molecular weight is 391 g/mol. The largest absolute Gasteiger partial charge is 0.454 e. The Kier molecular flexibility index (Phi) is 4.60. The molecule has 2 aromatic heterocycles. The second-order valence-corrected chi connectivity index (χ2v) is 7.50. The summed E-state index contributed by atoms with van der Waals surface area (Å²) < 4.78 is 10.6. The molecule has 3 aromatic rings. The molecule has 2 N–H and O–H groups in total. The van der Waals surface area contributed by atoms with E-state index in [4.69, 9.17) is 21.1 Å². The molecule has 26 heavy (non-hydrogen) atoms. The normalized spacial score (nSPS) is 13.8. The van der Waals surface area contributed by atoms with E-state index >= 15 is 0 Å². The lowest BCUT2D eigenvalue weighted by Gasteiger charge is -2.11. The third-order valence-electron chi connectivity index (χ3n) is 3.84. The van der Waals surface area contributed by atoms with Crippen molar-refractivity contribution in [3.05, 3.63) is 41.0 Å². The van der Waals surface area contributed by atoms with Crippen molar-refractivity contribution in [1.29, 1.82) is 0 Å². The lowest BCUT2D eigenvalue weighted by atomic mass is 10.2. The highest BCUT2D eigenvalue weighted by molar-refractivity contribution is 8.00. The van der Waals surface area contributed by atoms with Crippen LogP contribution in [0.25, 0.3) is 11.2 Å². The van der Waals surface area contributed by atoms with Crippen molar-refractivity contribution in [3.8, 4) is 11.5 Å². The number of amides is 1. The number of ether oxygens (including phenoxy) is 2. The molecule has 1 atom stereocenters. The molecule has 0 radical (unpaired) electrons. The number of imidazole rings is 1. The van der Waals surface area contributed by atoms with Crippen molar-refractivity contribution < 1.29 is 14.3 Å². The highest BCUT2D eigenvalue weighted by atomic mass is 35.5. The molecule has 3 heterocycles. The standard InChI is InChI=1S/C17H15ClN4O3S/c1-9(26-17-21-12-5-11(18)7-19-15(12)22-17)16(23)20-6-10-2-3-13-14(4-10)25-8-24-13/h2-5,7,9H,6,8H2,1H3,(H,20,23)(H,19,21,22). The van der Waals surface area contributed by atoms with Gasteiger partial charge in [0.25, 0.3) is 0 Å². The van der Waals surface area contributed by atoms with Crippen LogP contribution < -0.4 is 14.8 Å². The van der Waals surface area contributed by atoms with Gasteiger partial charge in [-0.1, -0.05) is 29.4 Å². The van der Waals surface area contributed by atoms with Gasteiger partial charge in [-0.3, -0.25) is 4.79 Å². The predicted octanol–water partition coefficient (Wildman–Crippen LogP) is 3.14.